The first kappa shape index (κ1) is 13.6. The molecule has 0 spiro atoms. The predicted octanol–water partition coefficient (Wildman–Crippen LogP) is 2.34. The van der Waals surface area contributed by atoms with Gasteiger partial charge in [-0.05, 0) is 44.9 Å². The van der Waals surface area contributed by atoms with Gasteiger partial charge in [0, 0.05) is 19.3 Å². The number of rotatable bonds is 7. The van der Waals surface area contributed by atoms with Crippen molar-refractivity contribution in [2.45, 2.75) is 44.9 Å². The Hall–Kier alpha value is -0.840. The van der Waals surface area contributed by atoms with Crippen LogP contribution >= 0.6 is 0 Å². The molecule has 1 aromatic heterocycles. The highest BCUT2D eigenvalue weighted by Gasteiger charge is 2.18. The van der Waals surface area contributed by atoms with E-state index in [2.05, 4.69) is 12.2 Å². The van der Waals surface area contributed by atoms with Crippen molar-refractivity contribution in [3.05, 3.63) is 24.2 Å². The highest BCUT2D eigenvalue weighted by atomic mass is 16.5. The molecule has 1 aromatic rings. The van der Waals surface area contributed by atoms with E-state index in [0.717, 1.165) is 44.8 Å². The van der Waals surface area contributed by atoms with Crippen LogP contribution in [0.3, 0.4) is 0 Å². The maximum atomic E-state index is 5.53. The van der Waals surface area contributed by atoms with E-state index in [1.807, 2.05) is 12.1 Å². The molecule has 0 amide bonds. The molecule has 1 saturated heterocycles. The lowest BCUT2D eigenvalue weighted by Gasteiger charge is -2.28. The second-order valence-electron chi connectivity index (χ2n) is 4.84. The second kappa shape index (κ2) is 7.56. The molecule has 1 N–H and O–H groups in total. The lowest BCUT2D eigenvalue weighted by Crippen LogP contribution is -2.38. The Morgan fingerprint density at radius 3 is 3.22 bits per heavy atom. The average molecular weight is 253 g/mol. The summed E-state index contributed by atoms with van der Waals surface area (Å²) >= 11 is 0. The molecule has 4 nitrogen and oxygen atoms in total. The van der Waals surface area contributed by atoms with Crippen LogP contribution in [-0.4, -0.2) is 31.9 Å². The molecule has 0 radical (unpaired) electrons. The van der Waals surface area contributed by atoms with Crippen molar-refractivity contribution >= 4 is 0 Å². The van der Waals surface area contributed by atoms with E-state index in [9.17, 15) is 0 Å². The van der Waals surface area contributed by atoms with Gasteiger partial charge in [-0.25, -0.2) is 0 Å². The quantitative estimate of drug-likeness (QED) is 0.757. The van der Waals surface area contributed by atoms with E-state index in [-0.39, 0.29) is 0 Å². The van der Waals surface area contributed by atoms with Crippen LogP contribution in [0.5, 0.6) is 0 Å². The summed E-state index contributed by atoms with van der Waals surface area (Å²) < 4.78 is 16.2. The monoisotopic (exact) mass is 253 g/mol. The summed E-state index contributed by atoms with van der Waals surface area (Å²) in [6.07, 6.45) is 5.34. The Labute approximate surface area is 109 Å². The molecule has 1 fully saturated rings. The summed E-state index contributed by atoms with van der Waals surface area (Å²) in [7, 11) is 0. The van der Waals surface area contributed by atoms with Crippen molar-refractivity contribution in [3.63, 3.8) is 0 Å². The number of hydrogen-bond donors (Lipinski definition) is 1. The van der Waals surface area contributed by atoms with Crippen LogP contribution in [-0.2, 0) is 16.1 Å². The SMILES string of the molecule is CC1CC(NCCCOCc2ccco2)CCO1. The van der Waals surface area contributed by atoms with Crippen LogP contribution < -0.4 is 5.32 Å². The Kier molecular flexibility index (Phi) is 5.71. The molecule has 1 aliphatic heterocycles. The van der Waals surface area contributed by atoms with Crippen LogP contribution in [0, 0.1) is 0 Å². The van der Waals surface area contributed by atoms with Gasteiger partial charge in [0.2, 0.25) is 0 Å². The minimum atomic E-state index is 0.395. The van der Waals surface area contributed by atoms with Crippen molar-refractivity contribution < 1.29 is 13.9 Å². The van der Waals surface area contributed by atoms with Crippen LogP contribution in [0.4, 0.5) is 0 Å². The smallest absolute Gasteiger partial charge is 0.129 e. The van der Waals surface area contributed by atoms with E-state index >= 15 is 0 Å². The lowest BCUT2D eigenvalue weighted by molar-refractivity contribution is 0.0128. The van der Waals surface area contributed by atoms with Gasteiger partial charge in [0.1, 0.15) is 12.4 Å². The van der Waals surface area contributed by atoms with Crippen LogP contribution in [0.1, 0.15) is 31.9 Å². The summed E-state index contributed by atoms with van der Waals surface area (Å²) in [4.78, 5) is 0. The zero-order chi connectivity index (χ0) is 12.6. The summed E-state index contributed by atoms with van der Waals surface area (Å²) in [5, 5.41) is 3.56. The third kappa shape index (κ3) is 4.80. The Balaban J connectivity index is 1.46. The van der Waals surface area contributed by atoms with Gasteiger partial charge in [-0.3, -0.25) is 0 Å². The highest BCUT2D eigenvalue weighted by molar-refractivity contribution is 4.95. The average Bonchev–Trinajstić information content (AvgIpc) is 2.87. The van der Waals surface area contributed by atoms with Gasteiger partial charge in [0.25, 0.3) is 0 Å². The van der Waals surface area contributed by atoms with Gasteiger partial charge >= 0.3 is 0 Å². The molecule has 0 aliphatic carbocycles. The van der Waals surface area contributed by atoms with E-state index in [1.54, 1.807) is 6.26 Å². The first-order valence-electron chi connectivity index (χ1n) is 6.79. The van der Waals surface area contributed by atoms with Crippen molar-refractivity contribution in [1.29, 1.82) is 0 Å². The lowest BCUT2D eigenvalue weighted by atomic mass is 10.0. The summed E-state index contributed by atoms with van der Waals surface area (Å²) in [5.41, 5.74) is 0. The summed E-state index contributed by atoms with van der Waals surface area (Å²) in [5.74, 6) is 0.890. The van der Waals surface area contributed by atoms with Crippen molar-refractivity contribution in [2.75, 3.05) is 19.8 Å². The minimum absolute atomic E-state index is 0.395. The third-order valence-electron chi connectivity index (χ3n) is 3.21. The maximum Gasteiger partial charge on any atom is 0.129 e. The molecule has 0 aromatic carbocycles. The van der Waals surface area contributed by atoms with Crippen LogP contribution in [0.2, 0.25) is 0 Å². The molecular weight excluding hydrogens is 230 g/mol. The number of furan rings is 1. The Bertz CT molecular complexity index is 313. The zero-order valence-corrected chi connectivity index (χ0v) is 11.1. The van der Waals surface area contributed by atoms with Gasteiger partial charge in [-0.15, -0.1) is 0 Å². The Morgan fingerprint density at radius 1 is 1.50 bits per heavy atom. The van der Waals surface area contributed by atoms with Gasteiger partial charge in [0.05, 0.1) is 12.4 Å². The fourth-order valence-corrected chi connectivity index (χ4v) is 2.23. The second-order valence-corrected chi connectivity index (χ2v) is 4.84. The molecule has 2 atom stereocenters. The molecule has 0 bridgehead atoms. The van der Waals surface area contributed by atoms with Crippen LogP contribution in [0.25, 0.3) is 0 Å². The van der Waals surface area contributed by atoms with E-state index in [1.165, 1.54) is 0 Å². The van der Waals surface area contributed by atoms with Crippen LogP contribution in [0.15, 0.2) is 22.8 Å². The molecule has 4 heteroatoms. The molecule has 2 rings (SSSR count). The summed E-state index contributed by atoms with van der Waals surface area (Å²) in [6, 6.07) is 4.42. The number of nitrogens with one attached hydrogen (secondary N) is 1. The molecule has 102 valence electrons. The topological polar surface area (TPSA) is 43.6 Å². The fourth-order valence-electron chi connectivity index (χ4n) is 2.23. The van der Waals surface area contributed by atoms with Gasteiger partial charge < -0.3 is 19.2 Å². The van der Waals surface area contributed by atoms with Gasteiger partial charge in [-0.1, -0.05) is 0 Å². The normalized spacial score (nSPS) is 24.3. The van der Waals surface area contributed by atoms with Crippen molar-refractivity contribution in [2.24, 2.45) is 0 Å². The van der Waals surface area contributed by atoms with Crippen molar-refractivity contribution in [1.82, 2.24) is 5.32 Å². The molecule has 2 unspecified atom stereocenters. The molecule has 0 saturated carbocycles. The summed E-state index contributed by atoms with van der Waals surface area (Å²) in [6.45, 7) is 5.37. The van der Waals surface area contributed by atoms with E-state index < -0.39 is 0 Å². The number of hydrogen-bond acceptors (Lipinski definition) is 4. The van der Waals surface area contributed by atoms with E-state index in [0.29, 0.717) is 18.8 Å². The molecule has 18 heavy (non-hydrogen) atoms. The largest absolute Gasteiger partial charge is 0.467 e. The zero-order valence-electron chi connectivity index (χ0n) is 11.1. The Morgan fingerprint density at radius 2 is 2.44 bits per heavy atom. The van der Waals surface area contributed by atoms with E-state index in [4.69, 9.17) is 13.9 Å². The van der Waals surface area contributed by atoms with Gasteiger partial charge in [-0.2, -0.15) is 0 Å². The molecule has 2 heterocycles. The molecule has 1 aliphatic rings. The minimum Gasteiger partial charge on any atom is -0.467 e. The third-order valence-corrected chi connectivity index (χ3v) is 3.21. The molecular formula is C14H23NO3. The highest BCUT2D eigenvalue weighted by Crippen LogP contribution is 2.12. The van der Waals surface area contributed by atoms with Crippen molar-refractivity contribution in [3.8, 4) is 0 Å². The first-order chi connectivity index (χ1) is 8.84. The van der Waals surface area contributed by atoms with Gasteiger partial charge in [0.15, 0.2) is 0 Å². The first-order valence-corrected chi connectivity index (χ1v) is 6.79. The maximum absolute atomic E-state index is 5.53. The fraction of sp³-hybridized carbons (Fsp3) is 0.714. The number of ether oxygens (including phenoxy) is 2. The predicted molar refractivity (Wildman–Crippen MR) is 69.4 cm³/mol. The standard InChI is InChI=1S/C14H23NO3/c1-12-10-13(5-9-17-12)15-6-3-7-16-11-14-4-2-8-18-14/h2,4,8,12-13,15H,3,5-7,9-11H2,1H3.